The van der Waals surface area contributed by atoms with Crippen LogP contribution in [0.4, 0.5) is 0 Å². The first-order chi connectivity index (χ1) is 9.63. The van der Waals surface area contributed by atoms with Crippen LogP contribution in [-0.4, -0.2) is 68.9 Å². The first kappa shape index (κ1) is 14.8. The minimum atomic E-state index is -1.49. The Hall–Kier alpha value is -1.58. The summed E-state index contributed by atoms with van der Waals surface area (Å²) in [6.07, 6.45) is -2.16. The number of nitrogens with zero attached hydrogens (tertiary/aromatic N) is 2. The van der Waals surface area contributed by atoms with Crippen LogP contribution in [0.5, 0.6) is 0 Å². The molecule has 20 heavy (non-hydrogen) atoms. The first-order valence-corrected chi connectivity index (χ1v) is 6.03. The third-order valence-electron chi connectivity index (χ3n) is 2.90. The summed E-state index contributed by atoms with van der Waals surface area (Å²) < 4.78 is 5.11. The van der Waals surface area contributed by atoms with E-state index < -0.39 is 37.3 Å². The van der Waals surface area contributed by atoms with Gasteiger partial charge in [0.2, 0.25) is 0 Å². The Labute approximate surface area is 114 Å². The summed E-state index contributed by atoms with van der Waals surface area (Å²) in [7, 11) is 0. The highest BCUT2D eigenvalue weighted by atomic mass is 16.8. The number of aliphatic hydroxyl groups is 4. The van der Waals surface area contributed by atoms with Crippen LogP contribution in [0.1, 0.15) is 5.56 Å². The Morgan fingerprint density at radius 3 is 2.75 bits per heavy atom. The lowest BCUT2D eigenvalue weighted by Crippen LogP contribution is -2.58. The summed E-state index contributed by atoms with van der Waals surface area (Å²) in [5, 5.41) is 41.5. The summed E-state index contributed by atoms with van der Waals surface area (Å²) in [6.45, 7) is -0.517. The van der Waals surface area contributed by atoms with Gasteiger partial charge in [-0.2, -0.15) is 0 Å². The van der Waals surface area contributed by atoms with Crippen LogP contribution in [0.3, 0.4) is 0 Å². The van der Waals surface area contributed by atoms with Crippen molar-refractivity contribution in [2.75, 3.05) is 6.61 Å². The summed E-state index contributed by atoms with van der Waals surface area (Å²) >= 11 is 0. The first-order valence-electron chi connectivity index (χ1n) is 6.03. The minimum Gasteiger partial charge on any atom is -0.394 e. The van der Waals surface area contributed by atoms with E-state index in [9.17, 15) is 15.3 Å². The highest BCUT2D eigenvalue weighted by molar-refractivity contribution is 5.78. The van der Waals surface area contributed by atoms with Gasteiger partial charge in [-0.1, -0.05) is 11.2 Å². The zero-order valence-electron chi connectivity index (χ0n) is 10.5. The molecule has 1 aromatic heterocycles. The number of aromatic nitrogens is 1. The normalized spacial score (nSPS) is 34.3. The van der Waals surface area contributed by atoms with Gasteiger partial charge in [0.1, 0.15) is 24.4 Å². The Kier molecular flexibility index (Phi) is 4.99. The van der Waals surface area contributed by atoms with Gasteiger partial charge in [0.15, 0.2) is 0 Å². The van der Waals surface area contributed by atoms with Gasteiger partial charge in [0.25, 0.3) is 6.29 Å². The maximum Gasteiger partial charge on any atom is 0.256 e. The number of rotatable bonds is 4. The van der Waals surface area contributed by atoms with Crippen molar-refractivity contribution in [1.29, 1.82) is 0 Å². The Morgan fingerprint density at radius 1 is 1.30 bits per heavy atom. The fourth-order valence-corrected chi connectivity index (χ4v) is 1.76. The molecular weight excluding hydrogens is 268 g/mol. The smallest absolute Gasteiger partial charge is 0.256 e. The molecule has 0 spiro atoms. The van der Waals surface area contributed by atoms with Gasteiger partial charge in [-0.15, -0.1) is 0 Å². The third-order valence-corrected chi connectivity index (χ3v) is 2.90. The molecule has 4 N–H and O–H groups in total. The maximum atomic E-state index is 9.69. The van der Waals surface area contributed by atoms with Crippen molar-refractivity contribution in [2.24, 2.45) is 5.16 Å². The van der Waals surface area contributed by atoms with Crippen LogP contribution in [0, 0.1) is 0 Å². The van der Waals surface area contributed by atoms with Crippen LogP contribution in [0.2, 0.25) is 0 Å². The number of oxime groups is 1. The molecule has 5 atom stereocenters. The van der Waals surface area contributed by atoms with Crippen molar-refractivity contribution in [3.05, 3.63) is 30.1 Å². The second kappa shape index (κ2) is 6.73. The number of ether oxygens (including phenoxy) is 1. The molecule has 8 heteroatoms. The maximum absolute atomic E-state index is 9.69. The molecular formula is C12H16N2O6. The van der Waals surface area contributed by atoms with Gasteiger partial charge < -0.3 is 30.0 Å². The zero-order chi connectivity index (χ0) is 14.5. The molecule has 110 valence electrons. The molecule has 0 radical (unpaired) electrons. The van der Waals surface area contributed by atoms with E-state index >= 15 is 0 Å². The molecule has 0 aliphatic carbocycles. The predicted octanol–water partition coefficient (Wildman–Crippen LogP) is -1.77. The number of hydrogen-bond donors (Lipinski definition) is 4. The lowest BCUT2D eigenvalue weighted by atomic mass is 9.99. The summed E-state index contributed by atoms with van der Waals surface area (Å²) in [5.74, 6) is 0. The van der Waals surface area contributed by atoms with E-state index in [-0.39, 0.29) is 0 Å². The monoisotopic (exact) mass is 284 g/mol. The van der Waals surface area contributed by atoms with Gasteiger partial charge in [0, 0.05) is 18.0 Å². The fraction of sp³-hybridized carbons (Fsp3) is 0.500. The molecule has 2 heterocycles. The molecule has 1 aromatic rings. The summed E-state index contributed by atoms with van der Waals surface area (Å²) in [5.41, 5.74) is 0.678. The number of hydrogen-bond acceptors (Lipinski definition) is 8. The number of pyridine rings is 1. The van der Waals surface area contributed by atoms with Crippen molar-refractivity contribution in [3.8, 4) is 0 Å². The lowest BCUT2D eigenvalue weighted by Gasteiger charge is -2.38. The second-order valence-electron chi connectivity index (χ2n) is 4.32. The zero-order valence-corrected chi connectivity index (χ0v) is 10.5. The van der Waals surface area contributed by atoms with Crippen LogP contribution in [0.25, 0.3) is 0 Å². The minimum absolute atomic E-state index is 0.517. The molecule has 0 aromatic carbocycles. The van der Waals surface area contributed by atoms with Crippen LogP contribution < -0.4 is 0 Å². The molecule has 1 aliphatic heterocycles. The third kappa shape index (κ3) is 3.30. The lowest BCUT2D eigenvalue weighted by molar-refractivity contribution is -0.301. The molecule has 3 unspecified atom stereocenters. The van der Waals surface area contributed by atoms with Gasteiger partial charge >= 0.3 is 0 Å². The molecule has 0 saturated carbocycles. The Balaban J connectivity index is 1.96. The highest BCUT2D eigenvalue weighted by Crippen LogP contribution is 2.21. The van der Waals surface area contributed by atoms with E-state index in [4.69, 9.17) is 14.7 Å². The second-order valence-corrected chi connectivity index (χ2v) is 4.32. The van der Waals surface area contributed by atoms with Crippen molar-refractivity contribution in [3.63, 3.8) is 0 Å². The van der Waals surface area contributed by atoms with Gasteiger partial charge in [-0.3, -0.25) is 4.98 Å². The molecule has 0 bridgehead atoms. The van der Waals surface area contributed by atoms with Crippen molar-refractivity contribution >= 4 is 6.21 Å². The molecule has 0 amide bonds. The average molecular weight is 284 g/mol. The highest BCUT2D eigenvalue weighted by Gasteiger charge is 2.44. The van der Waals surface area contributed by atoms with Crippen LogP contribution in [0.15, 0.2) is 29.7 Å². The molecule has 8 nitrogen and oxygen atoms in total. The van der Waals surface area contributed by atoms with Crippen LogP contribution in [-0.2, 0) is 9.57 Å². The van der Waals surface area contributed by atoms with E-state index in [1.807, 2.05) is 0 Å². The van der Waals surface area contributed by atoms with E-state index in [2.05, 4.69) is 10.1 Å². The SMILES string of the molecule is OCC1O[C@@H](O/N=C/c2cccnc2)C(O)[C@@H](O)C1O. The Morgan fingerprint density at radius 2 is 2.10 bits per heavy atom. The Bertz CT molecular complexity index is 441. The van der Waals surface area contributed by atoms with Gasteiger partial charge in [-0.05, 0) is 6.07 Å². The topological polar surface area (TPSA) is 125 Å². The molecule has 2 rings (SSSR count). The molecule has 1 aliphatic rings. The van der Waals surface area contributed by atoms with Crippen molar-refractivity contribution in [1.82, 2.24) is 4.98 Å². The number of aliphatic hydroxyl groups excluding tert-OH is 4. The average Bonchev–Trinajstić information content (AvgIpc) is 2.48. The van der Waals surface area contributed by atoms with Crippen molar-refractivity contribution < 1.29 is 30.0 Å². The quantitative estimate of drug-likeness (QED) is 0.381. The standard InChI is InChI=1S/C12H16N2O6/c15-6-8-9(16)10(17)11(18)12(19-8)20-14-5-7-2-1-3-13-4-7/h1-5,8-12,15-18H,6H2/b14-5+/t8?,9?,10-,11?,12-/m0/s1. The summed E-state index contributed by atoms with van der Waals surface area (Å²) in [4.78, 5) is 8.82. The van der Waals surface area contributed by atoms with E-state index in [0.717, 1.165) is 0 Å². The van der Waals surface area contributed by atoms with Gasteiger partial charge in [-0.25, -0.2) is 0 Å². The van der Waals surface area contributed by atoms with E-state index in [1.54, 1.807) is 24.5 Å². The largest absolute Gasteiger partial charge is 0.394 e. The predicted molar refractivity (Wildman–Crippen MR) is 66.7 cm³/mol. The molecule has 1 fully saturated rings. The van der Waals surface area contributed by atoms with E-state index in [0.29, 0.717) is 5.56 Å². The van der Waals surface area contributed by atoms with Gasteiger partial charge in [0.05, 0.1) is 12.8 Å². The fourth-order valence-electron chi connectivity index (χ4n) is 1.76. The summed E-state index contributed by atoms with van der Waals surface area (Å²) in [6, 6.07) is 3.46. The van der Waals surface area contributed by atoms with Crippen LogP contribution >= 0.6 is 0 Å². The van der Waals surface area contributed by atoms with Crippen molar-refractivity contribution in [2.45, 2.75) is 30.7 Å². The molecule has 1 saturated heterocycles. The van der Waals surface area contributed by atoms with E-state index in [1.165, 1.54) is 6.21 Å².